The average Bonchev–Trinajstić information content (AvgIpc) is 2.09. The number of carbonyl (C=O) groups is 1. The molecular weight excluding hydrogens is 263 g/mol. The molecule has 0 aromatic heterocycles. The lowest BCUT2D eigenvalue weighted by Gasteiger charge is -2.28. The van der Waals surface area contributed by atoms with Crippen LogP contribution >= 0.6 is 0 Å². The van der Waals surface area contributed by atoms with Crippen LogP contribution in [-0.4, -0.2) is 33.0 Å². The van der Waals surface area contributed by atoms with Crippen molar-refractivity contribution < 1.29 is 31.1 Å². The number of rotatable bonds is 3. The lowest BCUT2D eigenvalue weighted by Crippen LogP contribution is -2.52. The number of halogens is 3. The van der Waals surface area contributed by atoms with Gasteiger partial charge in [0.1, 0.15) is 6.04 Å². The van der Waals surface area contributed by atoms with E-state index in [2.05, 4.69) is 4.74 Å². The fourth-order valence-corrected chi connectivity index (χ4v) is 1.81. The van der Waals surface area contributed by atoms with E-state index >= 15 is 0 Å². The third-order valence-corrected chi connectivity index (χ3v) is 3.04. The minimum Gasteiger partial charge on any atom is -0.468 e. The molecule has 0 saturated carbocycles. The summed E-state index contributed by atoms with van der Waals surface area (Å²) in [5, 5.41) is 0. The molecule has 9 heteroatoms. The van der Waals surface area contributed by atoms with Crippen molar-refractivity contribution in [3.8, 4) is 0 Å². The van der Waals surface area contributed by atoms with Crippen LogP contribution in [0.2, 0.25) is 0 Å². The molecule has 0 rings (SSSR count). The minimum atomic E-state index is -5.59. The largest absolute Gasteiger partial charge is 0.511 e. The summed E-state index contributed by atoms with van der Waals surface area (Å²) < 4.78 is 63.8. The molecule has 1 N–H and O–H groups in total. The van der Waals surface area contributed by atoms with Crippen molar-refractivity contribution >= 4 is 16.0 Å². The van der Waals surface area contributed by atoms with Gasteiger partial charge in [0.2, 0.25) is 0 Å². The standard InChI is InChI=1S/C8H14F3NO4S/c1-7(2,3)5(6(13)16-4)12-17(14,15)8(9,10)11/h5,12H,1-4H3/t5-/m1/s1. The maximum atomic E-state index is 12.1. The first-order valence-corrected chi connectivity index (χ1v) is 5.97. The average molecular weight is 277 g/mol. The van der Waals surface area contributed by atoms with Gasteiger partial charge < -0.3 is 4.74 Å². The van der Waals surface area contributed by atoms with E-state index in [0.29, 0.717) is 0 Å². The van der Waals surface area contributed by atoms with E-state index in [9.17, 15) is 26.4 Å². The van der Waals surface area contributed by atoms with Crippen LogP contribution in [0.4, 0.5) is 13.2 Å². The highest BCUT2D eigenvalue weighted by Gasteiger charge is 2.49. The van der Waals surface area contributed by atoms with E-state index in [1.165, 1.54) is 25.5 Å². The molecule has 0 aliphatic heterocycles. The number of hydrogen-bond acceptors (Lipinski definition) is 4. The van der Waals surface area contributed by atoms with E-state index in [1.54, 1.807) is 0 Å². The van der Waals surface area contributed by atoms with Crippen molar-refractivity contribution in [2.24, 2.45) is 5.41 Å². The highest BCUT2D eigenvalue weighted by Crippen LogP contribution is 2.26. The molecule has 0 spiro atoms. The second-order valence-corrected chi connectivity index (χ2v) is 6.09. The first-order chi connectivity index (χ1) is 7.33. The number of alkyl halides is 3. The molecule has 0 heterocycles. The lowest BCUT2D eigenvalue weighted by molar-refractivity contribution is -0.145. The Morgan fingerprint density at radius 2 is 1.65 bits per heavy atom. The van der Waals surface area contributed by atoms with Crippen LogP contribution in [0, 0.1) is 5.41 Å². The lowest BCUT2D eigenvalue weighted by atomic mass is 9.87. The summed E-state index contributed by atoms with van der Waals surface area (Å²) in [6, 6.07) is -1.61. The van der Waals surface area contributed by atoms with Crippen LogP contribution in [0.15, 0.2) is 0 Å². The van der Waals surface area contributed by atoms with Crippen LogP contribution in [0.25, 0.3) is 0 Å². The molecule has 0 aromatic carbocycles. The molecule has 0 unspecified atom stereocenters. The van der Waals surface area contributed by atoms with Gasteiger partial charge in [-0.2, -0.15) is 17.9 Å². The number of carbonyl (C=O) groups excluding carboxylic acids is 1. The highest BCUT2D eigenvalue weighted by molar-refractivity contribution is 7.90. The van der Waals surface area contributed by atoms with Gasteiger partial charge in [0.05, 0.1) is 7.11 Å². The Balaban J connectivity index is 5.24. The zero-order valence-electron chi connectivity index (χ0n) is 9.75. The molecule has 1 atom stereocenters. The Bertz CT molecular complexity index is 383. The smallest absolute Gasteiger partial charge is 0.468 e. The van der Waals surface area contributed by atoms with Gasteiger partial charge in [0, 0.05) is 0 Å². The first kappa shape index (κ1) is 16.2. The first-order valence-electron chi connectivity index (χ1n) is 4.49. The molecule has 0 radical (unpaired) electrons. The van der Waals surface area contributed by atoms with Gasteiger partial charge >= 0.3 is 21.5 Å². The topological polar surface area (TPSA) is 72.5 Å². The predicted octanol–water partition coefficient (Wildman–Crippen LogP) is 1.01. The van der Waals surface area contributed by atoms with E-state index < -0.39 is 33.0 Å². The Labute approximate surface area is 97.4 Å². The normalized spacial score (nSPS) is 15.5. The molecule has 5 nitrogen and oxygen atoms in total. The van der Waals surface area contributed by atoms with Gasteiger partial charge in [0.25, 0.3) is 0 Å². The van der Waals surface area contributed by atoms with Crippen molar-refractivity contribution in [1.29, 1.82) is 0 Å². The second-order valence-electron chi connectivity index (χ2n) is 4.39. The van der Waals surface area contributed by atoms with Crippen LogP contribution < -0.4 is 4.72 Å². The Morgan fingerprint density at radius 1 is 1.24 bits per heavy atom. The highest BCUT2D eigenvalue weighted by atomic mass is 32.2. The number of methoxy groups -OCH3 is 1. The van der Waals surface area contributed by atoms with Crippen molar-refractivity contribution in [3.05, 3.63) is 0 Å². The van der Waals surface area contributed by atoms with E-state index in [1.807, 2.05) is 0 Å². The molecule has 0 aliphatic rings. The van der Waals surface area contributed by atoms with Crippen LogP contribution in [0.1, 0.15) is 20.8 Å². The molecule has 0 saturated heterocycles. The van der Waals surface area contributed by atoms with Gasteiger partial charge in [-0.1, -0.05) is 20.8 Å². The fourth-order valence-electron chi connectivity index (χ4n) is 0.918. The maximum absolute atomic E-state index is 12.1. The van der Waals surface area contributed by atoms with Gasteiger partial charge in [-0.05, 0) is 5.41 Å². The Kier molecular flexibility index (Phi) is 4.57. The molecule has 0 aliphatic carbocycles. The van der Waals surface area contributed by atoms with Crippen molar-refractivity contribution in [3.63, 3.8) is 0 Å². The maximum Gasteiger partial charge on any atom is 0.511 e. The van der Waals surface area contributed by atoms with Crippen molar-refractivity contribution in [2.45, 2.75) is 32.3 Å². The number of ether oxygens (including phenoxy) is 1. The van der Waals surface area contributed by atoms with Crippen LogP contribution in [-0.2, 0) is 19.6 Å². The molecular formula is C8H14F3NO4S. The Hall–Kier alpha value is -0.830. The number of hydrogen-bond donors (Lipinski definition) is 1. The summed E-state index contributed by atoms with van der Waals surface area (Å²) in [6.45, 7) is 4.23. The molecule has 0 amide bonds. The number of nitrogens with one attached hydrogen (secondary N) is 1. The summed E-state index contributed by atoms with van der Waals surface area (Å²) in [6.07, 6.45) is 0. The summed E-state index contributed by atoms with van der Waals surface area (Å²) in [5.41, 5.74) is -6.52. The van der Waals surface area contributed by atoms with E-state index in [-0.39, 0.29) is 0 Å². The second kappa shape index (κ2) is 4.81. The van der Waals surface area contributed by atoms with E-state index in [0.717, 1.165) is 7.11 Å². The van der Waals surface area contributed by atoms with Gasteiger partial charge in [-0.15, -0.1) is 0 Å². The summed E-state index contributed by atoms with van der Waals surface area (Å²) >= 11 is 0. The van der Waals surface area contributed by atoms with Gasteiger partial charge in [-0.3, -0.25) is 4.79 Å². The number of sulfonamides is 1. The van der Waals surface area contributed by atoms with Gasteiger partial charge in [0.15, 0.2) is 0 Å². The molecule has 17 heavy (non-hydrogen) atoms. The van der Waals surface area contributed by atoms with Gasteiger partial charge in [-0.25, -0.2) is 8.42 Å². The number of esters is 1. The van der Waals surface area contributed by atoms with Crippen molar-refractivity contribution in [2.75, 3.05) is 7.11 Å². The third-order valence-electron chi connectivity index (χ3n) is 1.88. The van der Waals surface area contributed by atoms with Crippen LogP contribution in [0.3, 0.4) is 0 Å². The predicted molar refractivity (Wildman–Crippen MR) is 53.4 cm³/mol. The zero-order valence-corrected chi connectivity index (χ0v) is 10.6. The molecule has 0 fully saturated rings. The zero-order chi connectivity index (χ0) is 14.1. The van der Waals surface area contributed by atoms with Crippen molar-refractivity contribution in [1.82, 2.24) is 4.72 Å². The van der Waals surface area contributed by atoms with E-state index in [4.69, 9.17) is 0 Å². The SMILES string of the molecule is COC(=O)[C@@H](NS(=O)(=O)C(F)(F)F)C(C)(C)C. The molecule has 0 bridgehead atoms. The minimum absolute atomic E-state index is 0.961. The Morgan fingerprint density at radius 3 is 1.88 bits per heavy atom. The quantitative estimate of drug-likeness (QED) is 0.781. The molecule has 102 valence electrons. The summed E-state index contributed by atoms with van der Waals surface area (Å²) in [4.78, 5) is 11.2. The molecule has 0 aromatic rings. The summed E-state index contributed by atoms with van der Waals surface area (Å²) in [7, 11) is -4.62. The monoisotopic (exact) mass is 277 g/mol. The summed E-state index contributed by atoms with van der Waals surface area (Å²) in [5.74, 6) is -1.08. The third kappa shape index (κ3) is 4.15. The van der Waals surface area contributed by atoms with Crippen LogP contribution in [0.5, 0.6) is 0 Å². The fraction of sp³-hybridized carbons (Fsp3) is 0.875.